The first-order valence-corrected chi connectivity index (χ1v) is 9.03. The maximum Gasteiger partial charge on any atom is 0.161 e. The Morgan fingerprint density at radius 2 is 1.92 bits per heavy atom. The van der Waals surface area contributed by atoms with Crippen LogP contribution in [-0.2, 0) is 11.3 Å². The van der Waals surface area contributed by atoms with Crippen molar-refractivity contribution in [2.75, 3.05) is 33.4 Å². The number of nitrogens with zero attached hydrogens (tertiary/aromatic N) is 2. The van der Waals surface area contributed by atoms with E-state index in [9.17, 15) is 0 Å². The quantitative estimate of drug-likeness (QED) is 0.686. The van der Waals surface area contributed by atoms with Crippen molar-refractivity contribution in [1.82, 2.24) is 5.01 Å². The van der Waals surface area contributed by atoms with Crippen molar-refractivity contribution in [2.45, 2.75) is 6.61 Å². The van der Waals surface area contributed by atoms with Crippen LogP contribution in [0.15, 0.2) is 41.5 Å². The zero-order chi connectivity index (χ0) is 18.4. The van der Waals surface area contributed by atoms with Crippen LogP contribution in [0, 0.1) is 0 Å². The highest BCUT2D eigenvalue weighted by molar-refractivity contribution is 6.35. The third-order valence-electron chi connectivity index (χ3n) is 3.94. The van der Waals surface area contributed by atoms with Gasteiger partial charge in [0.05, 0.1) is 39.6 Å². The molecule has 2 aromatic rings. The fraction of sp³-hybridized carbons (Fsp3) is 0.316. The van der Waals surface area contributed by atoms with Gasteiger partial charge in [-0.1, -0.05) is 29.3 Å². The Kier molecular flexibility index (Phi) is 6.61. The lowest BCUT2D eigenvalue weighted by atomic mass is 10.2. The fourth-order valence-corrected chi connectivity index (χ4v) is 2.96. The Morgan fingerprint density at radius 3 is 2.65 bits per heavy atom. The van der Waals surface area contributed by atoms with E-state index in [2.05, 4.69) is 5.10 Å². The summed E-state index contributed by atoms with van der Waals surface area (Å²) in [4.78, 5) is 0. The van der Waals surface area contributed by atoms with Crippen molar-refractivity contribution in [3.8, 4) is 11.5 Å². The molecule has 2 aromatic carbocycles. The van der Waals surface area contributed by atoms with Crippen molar-refractivity contribution in [1.29, 1.82) is 0 Å². The second kappa shape index (κ2) is 9.12. The molecule has 138 valence electrons. The molecule has 0 bridgehead atoms. The first-order valence-electron chi connectivity index (χ1n) is 8.27. The molecule has 0 unspecified atom stereocenters. The molecular formula is C19H20Cl2N2O3. The molecule has 0 atom stereocenters. The third-order valence-corrected chi connectivity index (χ3v) is 4.53. The molecule has 1 heterocycles. The summed E-state index contributed by atoms with van der Waals surface area (Å²) in [6, 6.07) is 11.0. The molecule has 0 saturated carbocycles. The van der Waals surface area contributed by atoms with Crippen LogP contribution in [0.4, 0.5) is 0 Å². The van der Waals surface area contributed by atoms with Gasteiger partial charge < -0.3 is 14.2 Å². The second-order valence-electron chi connectivity index (χ2n) is 5.75. The standard InChI is InChI=1S/C19H20Cl2N2O3/c1-24-19-10-14(12-22-23-6-8-25-9-7-23)2-5-18(19)26-13-15-3-4-16(20)11-17(15)21/h2-5,10-12H,6-9,13H2,1H3/b22-12-. The molecule has 7 heteroatoms. The van der Waals surface area contributed by atoms with Crippen molar-refractivity contribution in [3.63, 3.8) is 0 Å². The van der Waals surface area contributed by atoms with Gasteiger partial charge in [-0.3, -0.25) is 5.01 Å². The van der Waals surface area contributed by atoms with Gasteiger partial charge in [0.15, 0.2) is 11.5 Å². The summed E-state index contributed by atoms with van der Waals surface area (Å²) in [5, 5.41) is 7.64. The Balaban J connectivity index is 1.67. The van der Waals surface area contributed by atoms with Crippen molar-refractivity contribution in [2.24, 2.45) is 5.10 Å². The molecule has 1 fully saturated rings. The smallest absolute Gasteiger partial charge is 0.161 e. The number of hydrogen-bond donors (Lipinski definition) is 0. The summed E-state index contributed by atoms with van der Waals surface area (Å²) in [5.41, 5.74) is 1.79. The maximum atomic E-state index is 6.18. The van der Waals surface area contributed by atoms with Gasteiger partial charge in [0, 0.05) is 15.6 Å². The predicted molar refractivity (Wildman–Crippen MR) is 104 cm³/mol. The Hall–Kier alpha value is -1.95. The number of ether oxygens (including phenoxy) is 3. The van der Waals surface area contributed by atoms with Crippen molar-refractivity contribution < 1.29 is 14.2 Å². The van der Waals surface area contributed by atoms with Gasteiger partial charge >= 0.3 is 0 Å². The van der Waals surface area contributed by atoms with Crippen molar-refractivity contribution >= 4 is 29.4 Å². The molecule has 1 aliphatic rings. The summed E-state index contributed by atoms with van der Waals surface area (Å²) in [6.07, 6.45) is 1.81. The minimum atomic E-state index is 0.327. The molecule has 26 heavy (non-hydrogen) atoms. The van der Waals surface area contributed by atoms with E-state index in [4.69, 9.17) is 37.4 Å². The lowest BCUT2D eigenvalue weighted by Crippen LogP contribution is -2.32. The van der Waals surface area contributed by atoms with E-state index in [-0.39, 0.29) is 0 Å². The van der Waals surface area contributed by atoms with Gasteiger partial charge in [-0.15, -0.1) is 0 Å². The van der Waals surface area contributed by atoms with Gasteiger partial charge in [0.1, 0.15) is 6.61 Å². The first-order chi connectivity index (χ1) is 12.7. The van der Waals surface area contributed by atoms with Crippen LogP contribution in [0.25, 0.3) is 0 Å². The summed E-state index contributed by atoms with van der Waals surface area (Å²) in [7, 11) is 1.61. The average Bonchev–Trinajstić information content (AvgIpc) is 2.67. The van der Waals surface area contributed by atoms with Crippen LogP contribution >= 0.6 is 23.2 Å². The van der Waals surface area contributed by atoms with Gasteiger partial charge in [-0.05, 0) is 35.9 Å². The zero-order valence-corrected chi connectivity index (χ0v) is 16.0. The summed E-state index contributed by atoms with van der Waals surface area (Å²) >= 11 is 12.1. The monoisotopic (exact) mass is 394 g/mol. The fourth-order valence-electron chi connectivity index (χ4n) is 2.50. The summed E-state index contributed by atoms with van der Waals surface area (Å²) in [5.74, 6) is 1.28. The molecular weight excluding hydrogens is 375 g/mol. The SMILES string of the molecule is COc1cc(/C=N\N2CCOCC2)ccc1OCc1ccc(Cl)cc1Cl. The molecule has 0 aromatic heterocycles. The summed E-state index contributed by atoms with van der Waals surface area (Å²) < 4.78 is 16.6. The largest absolute Gasteiger partial charge is 0.493 e. The van der Waals surface area contributed by atoms with Crippen LogP contribution in [0.2, 0.25) is 10.0 Å². The van der Waals surface area contributed by atoms with E-state index in [1.54, 1.807) is 19.2 Å². The van der Waals surface area contributed by atoms with Gasteiger partial charge in [0.2, 0.25) is 0 Å². The van der Waals surface area contributed by atoms with Crippen LogP contribution in [0.3, 0.4) is 0 Å². The number of halogens is 2. The van der Waals surface area contributed by atoms with Gasteiger partial charge in [-0.2, -0.15) is 5.10 Å². The Labute approximate surface area is 163 Å². The topological polar surface area (TPSA) is 43.3 Å². The molecule has 0 N–H and O–H groups in total. The lowest BCUT2D eigenvalue weighted by Gasteiger charge is -2.23. The predicted octanol–water partition coefficient (Wildman–Crippen LogP) is 4.25. The van der Waals surface area contributed by atoms with Gasteiger partial charge in [0.25, 0.3) is 0 Å². The molecule has 0 amide bonds. The highest BCUT2D eigenvalue weighted by atomic mass is 35.5. The minimum Gasteiger partial charge on any atom is -0.493 e. The Bertz CT molecular complexity index is 777. The highest BCUT2D eigenvalue weighted by Gasteiger charge is 2.09. The minimum absolute atomic E-state index is 0.327. The van der Waals surface area contributed by atoms with Crippen LogP contribution < -0.4 is 9.47 Å². The first kappa shape index (κ1) is 18.8. The summed E-state index contributed by atoms with van der Waals surface area (Å²) in [6.45, 7) is 3.35. The maximum absolute atomic E-state index is 6.18. The Morgan fingerprint density at radius 1 is 1.12 bits per heavy atom. The van der Waals surface area contributed by atoms with Crippen molar-refractivity contribution in [3.05, 3.63) is 57.6 Å². The number of morpholine rings is 1. The van der Waals surface area contributed by atoms with Crippen LogP contribution in [-0.4, -0.2) is 44.6 Å². The normalized spacial score (nSPS) is 14.7. The number of methoxy groups -OCH3 is 1. The molecule has 0 aliphatic carbocycles. The molecule has 3 rings (SSSR count). The molecule has 5 nitrogen and oxygen atoms in total. The van der Waals surface area contributed by atoms with E-state index in [0.29, 0.717) is 41.4 Å². The lowest BCUT2D eigenvalue weighted by molar-refractivity contribution is 0.0397. The average molecular weight is 395 g/mol. The van der Waals surface area contributed by atoms with E-state index < -0.39 is 0 Å². The number of hydrazone groups is 1. The second-order valence-corrected chi connectivity index (χ2v) is 6.59. The zero-order valence-electron chi connectivity index (χ0n) is 14.5. The van der Waals surface area contributed by atoms with Crippen LogP contribution in [0.1, 0.15) is 11.1 Å². The molecule has 0 spiro atoms. The van der Waals surface area contributed by atoms with E-state index >= 15 is 0 Å². The number of rotatable bonds is 6. The number of benzene rings is 2. The van der Waals surface area contributed by atoms with E-state index in [1.165, 1.54) is 0 Å². The number of hydrogen-bond acceptors (Lipinski definition) is 5. The third kappa shape index (κ3) is 5.04. The van der Waals surface area contributed by atoms with E-state index in [0.717, 1.165) is 24.2 Å². The molecule has 0 radical (unpaired) electrons. The molecule has 1 saturated heterocycles. The van der Waals surface area contributed by atoms with Crippen LogP contribution in [0.5, 0.6) is 11.5 Å². The highest BCUT2D eigenvalue weighted by Crippen LogP contribution is 2.29. The van der Waals surface area contributed by atoms with E-state index in [1.807, 2.05) is 35.5 Å². The molecule has 1 aliphatic heterocycles. The van der Waals surface area contributed by atoms with Gasteiger partial charge in [-0.25, -0.2) is 0 Å².